The fourth-order valence-corrected chi connectivity index (χ4v) is 3.82. The van der Waals surface area contributed by atoms with Gasteiger partial charge >= 0.3 is 29.6 Å². The minimum absolute atomic E-state index is 0. The Hall–Kier alpha value is -2.32. The van der Waals surface area contributed by atoms with Crippen LogP contribution in [-0.4, -0.2) is 16.2 Å². The van der Waals surface area contributed by atoms with E-state index in [-0.39, 0.29) is 47.4 Å². The normalized spacial score (nSPS) is 13.1. The number of hydrogen-bond acceptors (Lipinski definition) is 5. The molecule has 0 atom stereocenters. The number of carbonyl (C=O) groups is 1. The smallest absolute Gasteiger partial charge is 0.543 e. The molecule has 1 aliphatic rings. The summed E-state index contributed by atoms with van der Waals surface area (Å²) in [6.45, 7) is -0.0883. The number of rotatable bonds is 6. The van der Waals surface area contributed by atoms with E-state index in [1.165, 1.54) is 24.4 Å². The topological polar surface area (TPSA) is 75.1 Å². The number of aromatic nitrogens is 2. The van der Waals surface area contributed by atoms with Gasteiger partial charge in [0, 0.05) is 27.8 Å². The van der Waals surface area contributed by atoms with Crippen LogP contribution in [0.5, 0.6) is 5.75 Å². The molecule has 5 nitrogen and oxygen atoms in total. The molecular weight excluding hydrogens is 449 g/mol. The van der Waals surface area contributed by atoms with Gasteiger partial charge in [-0.15, -0.1) is 5.10 Å². The fraction of sp³-hybridized carbons (Fsp3) is 0.174. The zero-order valence-corrected chi connectivity index (χ0v) is 20.0. The summed E-state index contributed by atoms with van der Waals surface area (Å²) in [5, 5.41) is 19.0. The summed E-state index contributed by atoms with van der Waals surface area (Å²) in [7, 11) is 0. The fourth-order valence-electron chi connectivity index (χ4n) is 3.65. The van der Waals surface area contributed by atoms with Gasteiger partial charge in [0.1, 0.15) is 29.7 Å². The first-order valence-corrected chi connectivity index (χ1v) is 9.93. The quantitative estimate of drug-likeness (QED) is 0.516. The maximum absolute atomic E-state index is 14.0. The maximum atomic E-state index is 14.0. The summed E-state index contributed by atoms with van der Waals surface area (Å²) < 4.78 is 33.0. The van der Waals surface area contributed by atoms with Gasteiger partial charge in [0.15, 0.2) is 0 Å². The monoisotopic (exact) mass is 464 g/mol. The summed E-state index contributed by atoms with van der Waals surface area (Å²) in [6.07, 6.45) is 3.80. The number of halogens is 3. The van der Waals surface area contributed by atoms with Crippen molar-refractivity contribution in [1.29, 1.82) is 0 Å². The van der Waals surface area contributed by atoms with Crippen molar-refractivity contribution in [1.82, 2.24) is 10.2 Å². The van der Waals surface area contributed by atoms with Crippen molar-refractivity contribution in [3.8, 4) is 5.75 Å². The third kappa shape index (κ3) is 5.35. The number of allylic oxidation sites excluding steroid dienone is 2. The molecule has 0 fully saturated rings. The van der Waals surface area contributed by atoms with Crippen molar-refractivity contribution in [2.75, 3.05) is 0 Å². The third-order valence-corrected chi connectivity index (χ3v) is 5.33. The summed E-state index contributed by atoms with van der Waals surface area (Å²) in [6, 6.07) is 9.87. The Morgan fingerprint density at radius 3 is 2.62 bits per heavy atom. The maximum Gasteiger partial charge on any atom is 1.00 e. The zero-order valence-electron chi connectivity index (χ0n) is 17.2. The van der Waals surface area contributed by atoms with Gasteiger partial charge in [0.25, 0.3) is 0 Å². The molecule has 32 heavy (non-hydrogen) atoms. The van der Waals surface area contributed by atoms with E-state index in [1.807, 2.05) is 0 Å². The van der Waals surface area contributed by atoms with Crippen LogP contribution >= 0.6 is 11.6 Å². The summed E-state index contributed by atoms with van der Waals surface area (Å²) >= 11 is 6.23. The number of ether oxygens (including phenoxy) is 1. The Balaban J connectivity index is 0.00000289. The van der Waals surface area contributed by atoms with Crippen LogP contribution in [-0.2, 0) is 6.61 Å². The standard InChI is InChI=1S/C23H17ClF2N2O3.Na/c24-15-5-7-22(31-12-13-4-6-16(25)10-20(13)26)19(9-15)18-3-1-2-17(18)14-8-21(23(29)30)28-27-11-14;/h4-11H,1-3,12H2,(H,29,30);/q;+1/p-1. The van der Waals surface area contributed by atoms with Gasteiger partial charge in [0.2, 0.25) is 0 Å². The van der Waals surface area contributed by atoms with E-state index in [0.717, 1.165) is 35.6 Å². The molecule has 0 bridgehead atoms. The van der Waals surface area contributed by atoms with Gasteiger partial charge in [-0.2, -0.15) is 5.10 Å². The summed E-state index contributed by atoms with van der Waals surface area (Å²) in [5.41, 5.74) is 3.20. The Morgan fingerprint density at radius 2 is 1.88 bits per heavy atom. The number of nitrogens with zero attached hydrogens (tertiary/aromatic N) is 2. The molecule has 1 aliphatic carbocycles. The van der Waals surface area contributed by atoms with Gasteiger partial charge in [-0.3, -0.25) is 0 Å². The van der Waals surface area contributed by atoms with Gasteiger partial charge in [-0.25, -0.2) is 8.78 Å². The zero-order chi connectivity index (χ0) is 22.0. The molecule has 4 rings (SSSR count). The van der Waals surface area contributed by atoms with E-state index >= 15 is 0 Å². The van der Waals surface area contributed by atoms with Crippen molar-refractivity contribution in [2.45, 2.75) is 25.9 Å². The van der Waals surface area contributed by atoms with Crippen LogP contribution in [0.4, 0.5) is 8.78 Å². The average Bonchev–Trinajstić information content (AvgIpc) is 3.23. The van der Waals surface area contributed by atoms with Crippen LogP contribution in [0.2, 0.25) is 5.02 Å². The first kappa shape index (κ1) is 24.3. The van der Waals surface area contributed by atoms with E-state index in [4.69, 9.17) is 16.3 Å². The SMILES string of the molecule is O=C([O-])c1cc(C2=C(c3cc(Cl)ccc3OCc3ccc(F)cc3F)CCC2)cnn1.[Na+]. The third-order valence-electron chi connectivity index (χ3n) is 5.09. The largest absolute Gasteiger partial charge is 1.00 e. The number of carboxylic acids is 1. The predicted molar refractivity (Wildman–Crippen MR) is 109 cm³/mol. The molecule has 1 heterocycles. The molecule has 0 amide bonds. The van der Waals surface area contributed by atoms with Gasteiger partial charge < -0.3 is 14.6 Å². The minimum Gasteiger partial charge on any atom is -0.543 e. The van der Waals surface area contributed by atoms with Gasteiger partial charge in [-0.05, 0) is 66.8 Å². The van der Waals surface area contributed by atoms with Crippen LogP contribution in [0.25, 0.3) is 11.1 Å². The molecule has 0 saturated heterocycles. The van der Waals surface area contributed by atoms with Crippen molar-refractivity contribution >= 4 is 28.7 Å². The Bertz CT molecular complexity index is 1200. The van der Waals surface area contributed by atoms with E-state index in [1.54, 1.807) is 18.2 Å². The molecule has 0 spiro atoms. The molecule has 0 saturated carbocycles. The second-order valence-electron chi connectivity index (χ2n) is 7.09. The van der Waals surface area contributed by atoms with Crippen LogP contribution < -0.4 is 39.4 Å². The first-order valence-electron chi connectivity index (χ1n) is 9.55. The van der Waals surface area contributed by atoms with Crippen molar-refractivity contribution in [3.05, 3.63) is 87.7 Å². The number of hydrogen-bond donors (Lipinski definition) is 0. The second-order valence-corrected chi connectivity index (χ2v) is 7.53. The molecule has 0 radical (unpaired) electrons. The second kappa shape index (κ2) is 10.5. The van der Waals surface area contributed by atoms with Crippen LogP contribution in [0, 0.1) is 11.6 Å². The number of carboxylic acid groups (broad SMARTS) is 1. The van der Waals surface area contributed by atoms with Crippen molar-refractivity contribution < 1.29 is 53.0 Å². The molecule has 0 aliphatic heterocycles. The number of aromatic carboxylic acids is 1. The minimum atomic E-state index is -1.40. The Morgan fingerprint density at radius 1 is 1.09 bits per heavy atom. The van der Waals surface area contributed by atoms with Crippen molar-refractivity contribution in [2.24, 2.45) is 0 Å². The van der Waals surface area contributed by atoms with Crippen LogP contribution in [0.15, 0.2) is 48.7 Å². The molecule has 158 valence electrons. The number of carbonyl (C=O) groups excluding carboxylic acids is 1. The van der Waals surface area contributed by atoms with E-state index in [9.17, 15) is 18.7 Å². The van der Waals surface area contributed by atoms with E-state index in [2.05, 4.69) is 10.2 Å². The van der Waals surface area contributed by atoms with Gasteiger partial charge in [0.05, 0.1) is 12.2 Å². The predicted octanol–water partition coefficient (Wildman–Crippen LogP) is 1.45. The first-order chi connectivity index (χ1) is 14.9. The van der Waals surface area contributed by atoms with Crippen LogP contribution in [0.1, 0.15) is 46.4 Å². The average molecular weight is 465 g/mol. The van der Waals surface area contributed by atoms with E-state index in [0.29, 0.717) is 22.8 Å². The summed E-state index contributed by atoms with van der Waals surface area (Å²) in [4.78, 5) is 11.2. The van der Waals surface area contributed by atoms with Crippen LogP contribution in [0.3, 0.4) is 0 Å². The molecule has 1 aromatic heterocycles. The Kier molecular flexibility index (Phi) is 8.00. The molecule has 0 unspecified atom stereocenters. The molecule has 0 N–H and O–H groups in total. The molecular formula is C23H16ClF2N2NaO3. The van der Waals surface area contributed by atoms with Gasteiger partial charge in [-0.1, -0.05) is 11.6 Å². The van der Waals surface area contributed by atoms with E-state index < -0.39 is 17.6 Å². The Labute approximate surface area is 210 Å². The number of benzene rings is 2. The molecule has 3 aromatic rings. The molecule has 9 heteroatoms. The molecule has 2 aromatic carbocycles. The van der Waals surface area contributed by atoms with Crippen molar-refractivity contribution in [3.63, 3.8) is 0 Å². The summed E-state index contributed by atoms with van der Waals surface area (Å²) in [5.74, 6) is -2.25.